The fourth-order valence-electron chi connectivity index (χ4n) is 3.59. The van der Waals surface area contributed by atoms with E-state index in [1.807, 2.05) is 36.4 Å². The number of anilines is 2. The minimum Gasteiger partial charge on any atom is -0.497 e. The Labute approximate surface area is 172 Å². The van der Waals surface area contributed by atoms with Gasteiger partial charge in [0, 0.05) is 44.5 Å². The van der Waals surface area contributed by atoms with Gasteiger partial charge in [-0.3, -0.25) is 9.59 Å². The van der Waals surface area contributed by atoms with Gasteiger partial charge in [-0.1, -0.05) is 12.1 Å². The molecule has 2 aromatic carbocycles. The van der Waals surface area contributed by atoms with E-state index in [4.69, 9.17) is 4.74 Å². The summed E-state index contributed by atoms with van der Waals surface area (Å²) in [5, 5.41) is 2.90. The van der Waals surface area contributed by atoms with Crippen LogP contribution in [0.2, 0.25) is 0 Å². The number of methoxy groups -OCH3 is 1. The van der Waals surface area contributed by atoms with Crippen molar-refractivity contribution in [1.29, 1.82) is 0 Å². The van der Waals surface area contributed by atoms with Crippen LogP contribution in [-0.2, 0) is 16.0 Å². The predicted octanol–water partition coefficient (Wildman–Crippen LogP) is 3.01. The van der Waals surface area contributed by atoms with Gasteiger partial charge in [-0.15, -0.1) is 0 Å². The number of ether oxygens (including phenoxy) is 1. The minimum atomic E-state index is -0.0666. The van der Waals surface area contributed by atoms with Gasteiger partial charge in [0.2, 0.25) is 11.8 Å². The van der Waals surface area contributed by atoms with Crippen molar-refractivity contribution < 1.29 is 14.3 Å². The van der Waals surface area contributed by atoms with E-state index >= 15 is 0 Å². The third kappa shape index (κ3) is 5.73. The van der Waals surface area contributed by atoms with E-state index in [0.717, 1.165) is 30.1 Å². The largest absolute Gasteiger partial charge is 0.497 e. The van der Waals surface area contributed by atoms with Crippen molar-refractivity contribution in [1.82, 2.24) is 5.32 Å². The zero-order valence-electron chi connectivity index (χ0n) is 17.2. The van der Waals surface area contributed by atoms with Gasteiger partial charge in [-0.05, 0) is 54.8 Å². The summed E-state index contributed by atoms with van der Waals surface area (Å²) in [5.41, 5.74) is 2.97. The highest BCUT2D eigenvalue weighted by Crippen LogP contribution is 2.24. The van der Waals surface area contributed by atoms with Crippen LogP contribution in [-0.4, -0.2) is 45.1 Å². The zero-order valence-corrected chi connectivity index (χ0v) is 17.2. The average molecular weight is 396 g/mol. The molecule has 0 unspecified atom stereocenters. The lowest BCUT2D eigenvalue weighted by Gasteiger charge is -2.23. The maximum Gasteiger partial charge on any atom is 0.224 e. The van der Waals surface area contributed by atoms with Gasteiger partial charge in [-0.2, -0.15) is 0 Å². The first-order chi connectivity index (χ1) is 14.1. The topological polar surface area (TPSA) is 61.9 Å². The molecule has 1 fully saturated rings. The number of carbonyl (C=O) groups is 2. The van der Waals surface area contributed by atoms with E-state index in [9.17, 15) is 9.59 Å². The zero-order chi connectivity index (χ0) is 20.6. The van der Waals surface area contributed by atoms with Crippen LogP contribution < -0.4 is 19.9 Å². The number of carbonyl (C=O) groups excluding carboxylic acids is 2. The lowest BCUT2D eigenvalue weighted by molar-refractivity contribution is -0.121. The van der Waals surface area contributed by atoms with Crippen molar-refractivity contribution in [2.75, 3.05) is 43.1 Å². The first-order valence-electron chi connectivity index (χ1n) is 10.1. The van der Waals surface area contributed by atoms with E-state index in [1.165, 1.54) is 18.5 Å². The SMILES string of the molecule is COc1ccc(CC(=O)NCCN(C(C)=O)c2ccc(N3CCCC3)cc2)cc1. The molecule has 6 heteroatoms. The molecule has 0 spiro atoms. The Kier molecular flexibility index (Phi) is 7.11. The van der Waals surface area contributed by atoms with Gasteiger partial charge < -0.3 is 19.9 Å². The third-order valence-electron chi connectivity index (χ3n) is 5.19. The fourth-order valence-corrected chi connectivity index (χ4v) is 3.59. The molecule has 0 saturated carbocycles. The molecule has 154 valence electrons. The van der Waals surface area contributed by atoms with Crippen LogP contribution in [0.3, 0.4) is 0 Å². The van der Waals surface area contributed by atoms with E-state index in [-0.39, 0.29) is 11.8 Å². The summed E-state index contributed by atoms with van der Waals surface area (Å²) in [7, 11) is 1.61. The molecular formula is C23H29N3O3. The minimum absolute atomic E-state index is 0.0386. The quantitative estimate of drug-likeness (QED) is 0.746. The Morgan fingerprint density at radius 1 is 1.03 bits per heavy atom. The summed E-state index contributed by atoms with van der Waals surface area (Å²) in [6, 6.07) is 15.5. The van der Waals surface area contributed by atoms with Gasteiger partial charge in [-0.25, -0.2) is 0 Å². The molecule has 1 aliphatic heterocycles. The molecule has 3 rings (SSSR count). The Hall–Kier alpha value is -3.02. The third-order valence-corrected chi connectivity index (χ3v) is 5.19. The molecule has 2 amide bonds. The normalized spacial score (nSPS) is 13.2. The molecule has 0 aromatic heterocycles. The van der Waals surface area contributed by atoms with Crippen molar-refractivity contribution in [2.24, 2.45) is 0 Å². The predicted molar refractivity (Wildman–Crippen MR) is 116 cm³/mol. The van der Waals surface area contributed by atoms with Crippen molar-refractivity contribution in [3.8, 4) is 5.75 Å². The molecule has 1 heterocycles. The van der Waals surface area contributed by atoms with Crippen molar-refractivity contribution in [3.63, 3.8) is 0 Å². The van der Waals surface area contributed by atoms with E-state index < -0.39 is 0 Å². The monoisotopic (exact) mass is 395 g/mol. The summed E-state index contributed by atoms with van der Waals surface area (Å²) >= 11 is 0. The Morgan fingerprint density at radius 2 is 1.69 bits per heavy atom. The maximum atomic E-state index is 12.2. The molecule has 29 heavy (non-hydrogen) atoms. The van der Waals surface area contributed by atoms with Crippen LogP contribution >= 0.6 is 0 Å². The second-order valence-electron chi connectivity index (χ2n) is 7.26. The second kappa shape index (κ2) is 9.96. The number of amides is 2. The molecule has 0 radical (unpaired) electrons. The second-order valence-corrected chi connectivity index (χ2v) is 7.26. The summed E-state index contributed by atoms with van der Waals surface area (Å²) in [4.78, 5) is 28.4. The van der Waals surface area contributed by atoms with Gasteiger partial charge in [0.25, 0.3) is 0 Å². The smallest absolute Gasteiger partial charge is 0.224 e. The van der Waals surface area contributed by atoms with Crippen LogP contribution in [0.15, 0.2) is 48.5 Å². The van der Waals surface area contributed by atoms with Crippen LogP contribution in [0.4, 0.5) is 11.4 Å². The molecule has 6 nitrogen and oxygen atoms in total. The first kappa shape index (κ1) is 20.7. The van der Waals surface area contributed by atoms with Gasteiger partial charge in [0.05, 0.1) is 13.5 Å². The molecule has 0 aliphatic carbocycles. The highest BCUT2D eigenvalue weighted by atomic mass is 16.5. The molecular weight excluding hydrogens is 366 g/mol. The van der Waals surface area contributed by atoms with Crippen molar-refractivity contribution in [3.05, 3.63) is 54.1 Å². The van der Waals surface area contributed by atoms with E-state index in [0.29, 0.717) is 19.5 Å². The lowest BCUT2D eigenvalue weighted by atomic mass is 10.1. The van der Waals surface area contributed by atoms with Crippen LogP contribution in [0.1, 0.15) is 25.3 Å². The summed E-state index contributed by atoms with van der Waals surface area (Å²) in [6.45, 7) is 4.58. The number of benzene rings is 2. The first-order valence-corrected chi connectivity index (χ1v) is 10.1. The molecule has 2 aromatic rings. The standard InChI is InChI=1S/C23H29N3O3/c1-18(27)26(21-9-7-20(8-10-21)25-14-3-4-15-25)16-13-24-23(28)17-19-5-11-22(29-2)12-6-19/h5-12H,3-4,13-17H2,1-2H3,(H,24,28). The number of nitrogens with zero attached hydrogens (tertiary/aromatic N) is 2. The average Bonchev–Trinajstić information content (AvgIpc) is 3.27. The fraction of sp³-hybridized carbons (Fsp3) is 0.391. The summed E-state index contributed by atoms with van der Waals surface area (Å²) in [6.07, 6.45) is 2.77. The Bertz CT molecular complexity index is 812. The maximum absolute atomic E-state index is 12.2. The van der Waals surface area contributed by atoms with Gasteiger partial charge in [0.1, 0.15) is 5.75 Å². The number of nitrogens with one attached hydrogen (secondary N) is 1. The van der Waals surface area contributed by atoms with E-state index in [1.54, 1.807) is 18.9 Å². The molecule has 1 saturated heterocycles. The molecule has 0 atom stereocenters. The number of hydrogen-bond acceptors (Lipinski definition) is 4. The summed E-state index contributed by atoms with van der Waals surface area (Å²) in [5.74, 6) is 0.661. The Balaban J connectivity index is 1.51. The highest BCUT2D eigenvalue weighted by Gasteiger charge is 2.15. The van der Waals surface area contributed by atoms with Gasteiger partial charge in [0.15, 0.2) is 0 Å². The van der Waals surface area contributed by atoms with Crippen LogP contribution in [0.5, 0.6) is 5.75 Å². The molecule has 1 N–H and O–H groups in total. The molecule has 1 aliphatic rings. The Morgan fingerprint density at radius 3 is 2.28 bits per heavy atom. The highest BCUT2D eigenvalue weighted by molar-refractivity contribution is 5.91. The van der Waals surface area contributed by atoms with Crippen LogP contribution in [0.25, 0.3) is 0 Å². The summed E-state index contributed by atoms with van der Waals surface area (Å²) < 4.78 is 5.13. The molecule has 0 bridgehead atoms. The number of hydrogen-bond donors (Lipinski definition) is 1. The van der Waals surface area contributed by atoms with Gasteiger partial charge >= 0.3 is 0 Å². The lowest BCUT2D eigenvalue weighted by Crippen LogP contribution is -2.38. The van der Waals surface area contributed by atoms with Crippen molar-refractivity contribution >= 4 is 23.2 Å². The van der Waals surface area contributed by atoms with Crippen molar-refractivity contribution in [2.45, 2.75) is 26.2 Å². The van der Waals surface area contributed by atoms with Crippen LogP contribution in [0, 0.1) is 0 Å². The number of rotatable bonds is 8. The van der Waals surface area contributed by atoms with E-state index in [2.05, 4.69) is 22.3 Å².